The van der Waals surface area contributed by atoms with E-state index in [0.29, 0.717) is 54.4 Å². The minimum absolute atomic E-state index is 0.0179. The third kappa shape index (κ3) is 7.87. The van der Waals surface area contributed by atoms with E-state index in [4.69, 9.17) is 30.8 Å². The van der Waals surface area contributed by atoms with Gasteiger partial charge in [0.05, 0.1) is 36.5 Å². The number of aryl methyl sites for hydroxylation is 1. The van der Waals surface area contributed by atoms with E-state index < -0.39 is 41.2 Å². The second-order valence-corrected chi connectivity index (χ2v) is 15.2. The van der Waals surface area contributed by atoms with Crippen molar-refractivity contribution in [2.45, 2.75) is 88.8 Å². The molecule has 0 spiro atoms. The summed E-state index contributed by atoms with van der Waals surface area (Å²) in [5.74, 6) is -1.65. The lowest BCUT2D eigenvalue weighted by molar-refractivity contribution is -0.143. The Morgan fingerprint density at radius 1 is 0.963 bits per heavy atom. The number of hydrogen-bond acceptors (Lipinski definition) is 8. The van der Waals surface area contributed by atoms with E-state index in [1.165, 1.54) is 7.11 Å². The van der Waals surface area contributed by atoms with Crippen LogP contribution in [0.25, 0.3) is 22.4 Å². The van der Waals surface area contributed by atoms with Gasteiger partial charge in [-0.05, 0) is 93.0 Å². The zero-order valence-electron chi connectivity index (χ0n) is 30.3. The summed E-state index contributed by atoms with van der Waals surface area (Å²) < 4.78 is 60.6. The standard InChI is InChI=1S/C41H43ClF3N3O6/c1-40(51)19-25(20-40)46-21-24-13-16-33(47-37(24)53-3)31-9-5-8-30(35(31)42)27-6-4-7-29-28(27)15-17-34(29)54-38-32(41(43,44)45)18-23(36(48-38)52-2)12-14-26(39(49)50)22-10-11-22/h4-9,13,16,18,22,25-26,34,46,51H,10-12,14-15,17,19-21H2,1-3H3,(H,49,50)/t25?,26-,34-,40?/m0/s1. The molecular weight excluding hydrogens is 723 g/mol. The van der Waals surface area contributed by atoms with Gasteiger partial charge in [0.1, 0.15) is 11.7 Å². The van der Waals surface area contributed by atoms with Crippen molar-refractivity contribution in [2.75, 3.05) is 14.2 Å². The van der Waals surface area contributed by atoms with Crippen LogP contribution in [0.5, 0.6) is 17.6 Å². The van der Waals surface area contributed by atoms with Crippen LogP contribution in [0, 0.1) is 11.8 Å². The first-order chi connectivity index (χ1) is 25.8. The Labute approximate surface area is 316 Å². The summed E-state index contributed by atoms with van der Waals surface area (Å²) in [7, 11) is 2.89. The highest BCUT2D eigenvalue weighted by atomic mass is 35.5. The smallest absolute Gasteiger partial charge is 0.421 e. The molecular formula is C41H43ClF3N3O6. The van der Waals surface area contributed by atoms with Crippen molar-refractivity contribution < 1.29 is 42.4 Å². The fourth-order valence-electron chi connectivity index (χ4n) is 7.94. The number of nitrogens with zero attached hydrogens (tertiary/aromatic N) is 2. The van der Waals surface area contributed by atoms with Crippen molar-refractivity contribution >= 4 is 17.6 Å². The van der Waals surface area contributed by atoms with Crippen LogP contribution in [0.1, 0.15) is 79.4 Å². The second-order valence-electron chi connectivity index (χ2n) is 14.9. The van der Waals surface area contributed by atoms with Gasteiger partial charge in [0.15, 0.2) is 0 Å². The normalized spacial score (nSPS) is 21.3. The van der Waals surface area contributed by atoms with Gasteiger partial charge in [-0.2, -0.15) is 18.2 Å². The van der Waals surface area contributed by atoms with Crippen LogP contribution in [0.4, 0.5) is 13.2 Å². The largest absolute Gasteiger partial charge is 0.481 e. The summed E-state index contributed by atoms with van der Waals surface area (Å²) in [5.41, 5.74) is 3.98. The van der Waals surface area contributed by atoms with E-state index in [9.17, 15) is 28.2 Å². The number of hydrogen-bond donors (Lipinski definition) is 3. The first-order valence-electron chi connectivity index (χ1n) is 18.2. The molecule has 0 unspecified atom stereocenters. The Kier molecular flexibility index (Phi) is 10.6. The van der Waals surface area contributed by atoms with Crippen molar-refractivity contribution in [3.8, 4) is 40.0 Å². The molecule has 3 aliphatic carbocycles. The minimum Gasteiger partial charge on any atom is -0.481 e. The molecule has 0 saturated heterocycles. The van der Waals surface area contributed by atoms with Crippen molar-refractivity contribution in [1.82, 2.24) is 15.3 Å². The highest BCUT2D eigenvalue weighted by Crippen LogP contribution is 2.47. The molecule has 0 radical (unpaired) electrons. The Balaban J connectivity index is 1.13. The van der Waals surface area contributed by atoms with Crippen molar-refractivity contribution in [3.63, 3.8) is 0 Å². The summed E-state index contributed by atoms with van der Waals surface area (Å²) in [5, 5.41) is 23.6. The number of nitrogens with one attached hydrogen (secondary N) is 1. The quantitative estimate of drug-likeness (QED) is 0.116. The molecule has 9 nitrogen and oxygen atoms in total. The predicted molar refractivity (Wildman–Crippen MR) is 197 cm³/mol. The third-order valence-corrected chi connectivity index (χ3v) is 11.3. The fraction of sp³-hybridized carbons (Fsp3) is 0.439. The van der Waals surface area contributed by atoms with Gasteiger partial charge in [-0.1, -0.05) is 54.1 Å². The van der Waals surface area contributed by atoms with Gasteiger partial charge >= 0.3 is 12.1 Å². The van der Waals surface area contributed by atoms with E-state index in [2.05, 4.69) is 10.3 Å². The van der Waals surface area contributed by atoms with E-state index >= 15 is 0 Å². The van der Waals surface area contributed by atoms with Crippen molar-refractivity contribution in [1.29, 1.82) is 0 Å². The van der Waals surface area contributed by atoms with E-state index in [1.54, 1.807) is 7.11 Å². The number of aliphatic hydroxyl groups is 1. The van der Waals surface area contributed by atoms with Crippen LogP contribution < -0.4 is 19.5 Å². The number of fused-ring (bicyclic) bond motifs is 1. The molecule has 54 heavy (non-hydrogen) atoms. The van der Waals surface area contributed by atoms with E-state index in [-0.39, 0.29) is 36.2 Å². The number of halogens is 4. The molecule has 0 aliphatic heterocycles. The molecule has 0 bridgehead atoms. The van der Waals surface area contributed by atoms with Gasteiger partial charge in [0, 0.05) is 34.8 Å². The number of carboxylic acids is 1. The van der Waals surface area contributed by atoms with E-state index in [0.717, 1.165) is 46.7 Å². The number of rotatable bonds is 14. The van der Waals surface area contributed by atoms with Gasteiger partial charge in [-0.15, -0.1) is 0 Å². The number of carboxylic acid groups (broad SMARTS) is 1. The maximum Gasteiger partial charge on any atom is 0.421 e. The monoisotopic (exact) mass is 765 g/mol. The summed E-state index contributed by atoms with van der Waals surface area (Å²) in [6, 6.07) is 16.3. The number of aliphatic carboxylic acids is 1. The van der Waals surface area contributed by atoms with Crippen LogP contribution in [-0.4, -0.2) is 52.0 Å². The topological polar surface area (TPSA) is 123 Å². The average molecular weight is 766 g/mol. The Morgan fingerprint density at radius 3 is 2.31 bits per heavy atom. The Bertz CT molecular complexity index is 2050. The molecule has 7 rings (SSSR count). The van der Waals surface area contributed by atoms with Crippen LogP contribution in [0.3, 0.4) is 0 Å². The second kappa shape index (κ2) is 15.0. The molecule has 2 saturated carbocycles. The lowest BCUT2D eigenvalue weighted by Gasteiger charge is -2.41. The van der Waals surface area contributed by atoms with Gasteiger partial charge in [-0.3, -0.25) is 4.79 Å². The molecule has 2 heterocycles. The molecule has 2 aromatic carbocycles. The average Bonchev–Trinajstić information content (AvgIpc) is 3.88. The molecule has 13 heteroatoms. The lowest BCUT2D eigenvalue weighted by atomic mass is 9.77. The maximum atomic E-state index is 14.5. The SMILES string of the molecule is COc1nc(-c2cccc(-c3cccc4c3CC[C@@H]4Oc3nc(OC)c(CC[C@H](C(=O)O)C4CC4)cc3C(F)(F)F)c2Cl)ccc1CNC1CC(C)(O)C1. The van der Waals surface area contributed by atoms with Crippen molar-refractivity contribution in [2.24, 2.45) is 11.8 Å². The molecule has 2 aromatic heterocycles. The van der Waals surface area contributed by atoms with Crippen LogP contribution in [0.2, 0.25) is 5.02 Å². The molecule has 4 aromatic rings. The molecule has 3 N–H and O–H groups in total. The summed E-state index contributed by atoms with van der Waals surface area (Å²) in [6.07, 6.45) is -1.27. The van der Waals surface area contributed by atoms with Gasteiger partial charge in [0.2, 0.25) is 17.6 Å². The minimum atomic E-state index is -4.77. The van der Waals surface area contributed by atoms with Crippen LogP contribution in [0.15, 0.2) is 54.6 Å². The number of ether oxygens (including phenoxy) is 3. The zero-order chi connectivity index (χ0) is 38.4. The highest BCUT2D eigenvalue weighted by molar-refractivity contribution is 6.36. The first kappa shape index (κ1) is 37.9. The van der Waals surface area contributed by atoms with Crippen LogP contribution in [-0.2, 0) is 30.4 Å². The Hall–Kier alpha value is -4.39. The predicted octanol–water partition coefficient (Wildman–Crippen LogP) is 8.61. The van der Waals surface area contributed by atoms with Gasteiger partial charge in [0.25, 0.3) is 0 Å². The number of methoxy groups -OCH3 is 2. The first-order valence-corrected chi connectivity index (χ1v) is 18.6. The van der Waals surface area contributed by atoms with Crippen LogP contribution >= 0.6 is 11.6 Å². The number of alkyl halides is 3. The molecule has 0 amide bonds. The molecule has 3 aliphatic rings. The molecule has 2 fully saturated rings. The summed E-state index contributed by atoms with van der Waals surface area (Å²) >= 11 is 7.11. The third-order valence-electron chi connectivity index (χ3n) is 10.9. The Morgan fingerprint density at radius 2 is 1.65 bits per heavy atom. The number of pyridine rings is 2. The highest BCUT2D eigenvalue weighted by Gasteiger charge is 2.40. The van der Waals surface area contributed by atoms with Gasteiger partial charge < -0.3 is 29.7 Å². The maximum absolute atomic E-state index is 14.5. The zero-order valence-corrected chi connectivity index (χ0v) is 31.1. The number of benzene rings is 2. The van der Waals surface area contributed by atoms with Crippen molar-refractivity contribution in [3.05, 3.63) is 87.4 Å². The summed E-state index contributed by atoms with van der Waals surface area (Å²) in [6.45, 7) is 2.37. The molecule has 286 valence electrons. The van der Waals surface area contributed by atoms with Gasteiger partial charge in [-0.25, -0.2) is 4.98 Å². The van der Waals surface area contributed by atoms with E-state index in [1.807, 2.05) is 55.5 Å². The number of aromatic nitrogens is 2. The summed E-state index contributed by atoms with van der Waals surface area (Å²) in [4.78, 5) is 20.8. The number of carbonyl (C=O) groups is 1. The molecule has 2 atom stereocenters. The lowest BCUT2D eigenvalue weighted by Crippen LogP contribution is -2.51. The fourth-order valence-corrected chi connectivity index (χ4v) is 8.26.